The van der Waals surface area contributed by atoms with Gasteiger partial charge in [0.1, 0.15) is 0 Å². The van der Waals surface area contributed by atoms with Crippen molar-refractivity contribution >= 4 is 0 Å². The Labute approximate surface area is 68.6 Å². The van der Waals surface area contributed by atoms with Gasteiger partial charge in [-0.15, -0.1) is 0 Å². The zero-order valence-corrected chi connectivity index (χ0v) is 7.45. The number of rotatable bonds is 6. The highest BCUT2D eigenvalue weighted by Gasteiger charge is 2.04. The molecule has 0 atom stereocenters. The summed E-state index contributed by atoms with van der Waals surface area (Å²) in [5.41, 5.74) is 0. The molecular formula is C8H19NO2. The van der Waals surface area contributed by atoms with Crippen molar-refractivity contribution in [2.75, 3.05) is 32.8 Å². The molecule has 0 unspecified atom stereocenters. The van der Waals surface area contributed by atoms with Crippen LogP contribution in [0.5, 0.6) is 0 Å². The third-order valence-corrected chi connectivity index (χ3v) is 1.46. The summed E-state index contributed by atoms with van der Waals surface area (Å²) in [6, 6.07) is 0. The van der Waals surface area contributed by atoms with Crippen LogP contribution in [0, 0.1) is 5.92 Å². The second kappa shape index (κ2) is 6.58. The highest BCUT2D eigenvalue weighted by atomic mass is 16.3. The van der Waals surface area contributed by atoms with Crippen LogP contribution < -0.4 is 0 Å². The van der Waals surface area contributed by atoms with Gasteiger partial charge in [-0.2, -0.15) is 0 Å². The van der Waals surface area contributed by atoms with Gasteiger partial charge in [0.15, 0.2) is 0 Å². The van der Waals surface area contributed by atoms with E-state index < -0.39 is 0 Å². The minimum atomic E-state index is 0.173. The Morgan fingerprint density at radius 2 is 1.55 bits per heavy atom. The van der Waals surface area contributed by atoms with E-state index in [0.717, 1.165) is 6.54 Å². The van der Waals surface area contributed by atoms with E-state index in [4.69, 9.17) is 10.2 Å². The fraction of sp³-hybridized carbons (Fsp3) is 1.00. The van der Waals surface area contributed by atoms with Crippen LogP contribution in [0.1, 0.15) is 13.8 Å². The second-order valence-corrected chi connectivity index (χ2v) is 3.14. The van der Waals surface area contributed by atoms with Gasteiger partial charge in [-0.25, -0.2) is 0 Å². The molecule has 68 valence electrons. The summed E-state index contributed by atoms with van der Waals surface area (Å²) in [6.45, 7) is 6.88. The first kappa shape index (κ1) is 10.9. The molecule has 0 saturated carbocycles. The molecule has 0 aliphatic heterocycles. The van der Waals surface area contributed by atoms with Crippen LogP contribution in [-0.4, -0.2) is 48.0 Å². The van der Waals surface area contributed by atoms with Crippen molar-refractivity contribution in [1.29, 1.82) is 0 Å². The van der Waals surface area contributed by atoms with Gasteiger partial charge in [-0.3, -0.25) is 4.90 Å². The first-order valence-electron chi connectivity index (χ1n) is 4.14. The summed E-state index contributed by atoms with van der Waals surface area (Å²) in [6.07, 6.45) is 0. The zero-order valence-electron chi connectivity index (χ0n) is 7.45. The van der Waals surface area contributed by atoms with Crippen LogP contribution in [0.4, 0.5) is 0 Å². The minimum absolute atomic E-state index is 0.173. The summed E-state index contributed by atoms with van der Waals surface area (Å²) in [4.78, 5) is 2.06. The molecule has 0 aromatic rings. The van der Waals surface area contributed by atoms with Crippen LogP contribution in [0.15, 0.2) is 0 Å². The molecule has 0 bridgehead atoms. The molecule has 0 saturated heterocycles. The van der Waals surface area contributed by atoms with E-state index in [2.05, 4.69) is 18.7 Å². The van der Waals surface area contributed by atoms with Crippen molar-refractivity contribution in [3.63, 3.8) is 0 Å². The molecule has 3 nitrogen and oxygen atoms in total. The zero-order chi connectivity index (χ0) is 8.69. The third kappa shape index (κ3) is 6.28. The molecular weight excluding hydrogens is 142 g/mol. The monoisotopic (exact) mass is 161 g/mol. The average molecular weight is 161 g/mol. The van der Waals surface area contributed by atoms with E-state index in [-0.39, 0.29) is 13.2 Å². The number of hydrogen-bond donors (Lipinski definition) is 2. The fourth-order valence-corrected chi connectivity index (χ4v) is 1.09. The van der Waals surface area contributed by atoms with Crippen molar-refractivity contribution in [2.45, 2.75) is 13.8 Å². The molecule has 2 N–H and O–H groups in total. The normalized spacial score (nSPS) is 11.5. The van der Waals surface area contributed by atoms with Crippen LogP contribution in [0.25, 0.3) is 0 Å². The Hall–Kier alpha value is -0.120. The molecule has 0 aliphatic carbocycles. The first-order chi connectivity index (χ1) is 5.20. The molecule has 0 aliphatic rings. The topological polar surface area (TPSA) is 43.7 Å². The maximum atomic E-state index is 8.65. The van der Waals surface area contributed by atoms with Crippen molar-refractivity contribution in [2.24, 2.45) is 5.92 Å². The molecule has 3 heteroatoms. The van der Waals surface area contributed by atoms with Crippen LogP contribution in [0.2, 0.25) is 0 Å². The number of hydrogen-bond acceptors (Lipinski definition) is 3. The van der Waals surface area contributed by atoms with Crippen LogP contribution in [0.3, 0.4) is 0 Å². The Morgan fingerprint density at radius 3 is 1.82 bits per heavy atom. The van der Waals surface area contributed by atoms with Gasteiger partial charge < -0.3 is 10.2 Å². The minimum Gasteiger partial charge on any atom is -0.395 e. The molecule has 11 heavy (non-hydrogen) atoms. The Morgan fingerprint density at radius 1 is 1.09 bits per heavy atom. The summed E-state index contributed by atoms with van der Waals surface area (Å²) in [7, 11) is 0. The van der Waals surface area contributed by atoms with E-state index in [1.54, 1.807) is 0 Å². The molecule has 0 rings (SSSR count). The van der Waals surface area contributed by atoms with Gasteiger partial charge in [-0.1, -0.05) is 13.8 Å². The van der Waals surface area contributed by atoms with Gasteiger partial charge in [0.25, 0.3) is 0 Å². The summed E-state index contributed by atoms with van der Waals surface area (Å²) >= 11 is 0. The summed E-state index contributed by atoms with van der Waals surface area (Å²) in [5.74, 6) is 0.591. The van der Waals surface area contributed by atoms with Crippen LogP contribution in [-0.2, 0) is 0 Å². The highest BCUT2D eigenvalue weighted by molar-refractivity contribution is 4.58. The Bertz CT molecular complexity index is 80.2. The lowest BCUT2D eigenvalue weighted by Gasteiger charge is -2.21. The van der Waals surface area contributed by atoms with Crippen molar-refractivity contribution in [3.05, 3.63) is 0 Å². The van der Waals surface area contributed by atoms with E-state index >= 15 is 0 Å². The third-order valence-electron chi connectivity index (χ3n) is 1.46. The maximum absolute atomic E-state index is 8.65. The molecule has 0 fully saturated rings. The number of aliphatic hydroxyl groups is 2. The largest absolute Gasteiger partial charge is 0.395 e. The Balaban J connectivity index is 3.50. The van der Waals surface area contributed by atoms with E-state index in [9.17, 15) is 0 Å². The highest BCUT2D eigenvalue weighted by Crippen LogP contribution is 1.96. The SMILES string of the molecule is CC(C)CN(CCO)CCO. The van der Waals surface area contributed by atoms with E-state index in [0.29, 0.717) is 19.0 Å². The van der Waals surface area contributed by atoms with E-state index in [1.807, 2.05) is 0 Å². The molecule has 0 spiro atoms. The van der Waals surface area contributed by atoms with Gasteiger partial charge in [-0.05, 0) is 5.92 Å². The standard InChI is InChI=1S/C8H19NO2/c1-8(2)7-9(3-5-10)4-6-11/h8,10-11H,3-7H2,1-2H3. The Kier molecular flexibility index (Phi) is 6.51. The quantitative estimate of drug-likeness (QED) is 0.573. The first-order valence-corrected chi connectivity index (χ1v) is 4.14. The lowest BCUT2D eigenvalue weighted by Crippen LogP contribution is -2.33. The van der Waals surface area contributed by atoms with Crippen molar-refractivity contribution in [3.8, 4) is 0 Å². The van der Waals surface area contributed by atoms with Crippen LogP contribution >= 0.6 is 0 Å². The maximum Gasteiger partial charge on any atom is 0.0558 e. The molecule has 0 amide bonds. The lowest BCUT2D eigenvalue weighted by molar-refractivity contribution is 0.150. The smallest absolute Gasteiger partial charge is 0.0558 e. The second-order valence-electron chi connectivity index (χ2n) is 3.14. The molecule has 0 heterocycles. The van der Waals surface area contributed by atoms with Gasteiger partial charge in [0, 0.05) is 19.6 Å². The molecule has 0 aromatic carbocycles. The molecule has 0 radical (unpaired) electrons. The lowest BCUT2D eigenvalue weighted by atomic mass is 10.2. The van der Waals surface area contributed by atoms with Gasteiger partial charge in [0.2, 0.25) is 0 Å². The number of aliphatic hydroxyl groups excluding tert-OH is 2. The van der Waals surface area contributed by atoms with Crippen molar-refractivity contribution in [1.82, 2.24) is 4.90 Å². The average Bonchev–Trinajstić information content (AvgIpc) is 1.87. The van der Waals surface area contributed by atoms with Gasteiger partial charge >= 0.3 is 0 Å². The fourth-order valence-electron chi connectivity index (χ4n) is 1.09. The number of nitrogens with zero attached hydrogens (tertiary/aromatic N) is 1. The van der Waals surface area contributed by atoms with Crippen molar-refractivity contribution < 1.29 is 10.2 Å². The molecule has 0 aromatic heterocycles. The van der Waals surface area contributed by atoms with Gasteiger partial charge in [0.05, 0.1) is 13.2 Å². The predicted octanol–water partition coefficient (Wildman–Crippen LogP) is -0.0710. The summed E-state index contributed by atoms with van der Waals surface area (Å²) in [5, 5.41) is 17.3. The summed E-state index contributed by atoms with van der Waals surface area (Å²) < 4.78 is 0. The predicted molar refractivity (Wildman–Crippen MR) is 45.4 cm³/mol. The van der Waals surface area contributed by atoms with E-state index in [1.165, 1.54) is 0 Å².